The van der Waals surface area contributed by atoms with Crippen molar-refractivity contribution in [2.24, 2.45) is 0 Å². The van der Waals surface area contributed by atoms with E-state index in [0.29, 0.717) is 0 Å². The van der Waals surface area contributed by atoms with E-state index in [0.717, 1.165) is 56.6 Å². The third-order valence-electron chi connectivity index (χ3n) is 4.21. The zero-order valence-electron chi connectivity index (χ0n) is 11.6. The Bertz CT molecular complexity index is 438. The maximum absolute atomic E-state index is 6.18. The Morgan fingerprint density at radius 1 is 1.25 bits per heavy atom. The smallest absolute Gasteiger partial charge is 0.120 e. The number of hydrogen-bond acceptors (Lipinski definition) is 3. The Morgan fingerprint density at radius 3 is 2.90 bits per heavy atom. The van der Waals surface area contributed by atoms with Crippen LogP contribution in [0.5, 0.6) is 5.75 Å². The molecule has 1 aromatic rings. The van der Waals surface area contributed by atoms with Gasteiger partial charge in [-0.15, -0.1) is 0 Å². The first-order valence-corrected chi connectivity index (χ1v) is 8.45. The van der Waals surface area contributed by atoms with Crippen LogP contribution < -0.4 is 4.74 Å². The molecular formula is C16H21BrO3. The summed E-state index contributed by atoms with van der Waals surface area (Å²) in [7, 11) is 0. The van der Waals surface area contributed by atoms with Gasteiger partial charge in [0.2, 0.25) is 0 Å². The first-order chi connectivity index (χ1) is 9.80. The molecule has 3 rings (SSSR count). The second-order valence-electron chi connectivity index (χ2n) is 5.66. The van der Waals surface area contributed by atoms with Gasteiger partial charge in [-0.1, -0.05) is 28.1 Å². The molecule has 20 heavy (non-hydrogen) atoms. The van der Waals surface area contributed by atoms with Crippen LogP contribution in [0.25, 0.3) is 0 Å². The van der Waals surface area contributed by atoms with Gasteiger partial charge >= 0.3 is 0 Å². The van der Waals surface area contributed by atoms with Gasteiger partial charge < -0.3 is 14.2 Å². The summed E-state index contributed by atoms with van der Waals surface area (Å²) in [6.07, 6.45) is 4.20. The van der Waals surface area contributed by atoms with Gasteiger partial charge in [-0.25, -0.2) is 0 Å². The average molecular weight is 341 g/mol. The van der Waals surface area contributed by atoms with Gasteiger partial charge in [-0.2, -0.15) is 0 Å². The highest BCUT2D eigenvalue weighted by molar-refractivity contribution is 9.08. The molecule has 1 unspecified atom stereocenters. The minimum atomic E-state index is -0.00575. The summed E-state index contributed by atoms with van der Waals surface area (Å²) in [5.41, 5.74) is 1.24. The molecule has 0 amide bonds. The molecular weight excluding hydrogens is 320 g/mol. The summed E-state index contributed by atoms with van der Waals surface area (Å²) in [5, 5.41) is 0.860. The van der Waals surface area contributed by atoms with Crippen LogP contribution in [0.15, 0.2) is 24.3 Å². The van der Waals surface area contributed by atoms with Crippen molar-refractivity contribution < 1.29 is 14.2 Å². The molecule has 1 spiro atoms. The molecule has 1 aromatic carbocycles. The normalized spacial score (nSPS) is 25.6. The van der Waals surface area contributed by atoms with Crippen LogP contribution in [-0.4, -0.2) is 31.5 Å². The predicted octanol–water partition coefficient (Wildman–Crippen LogP) is 3.69. The van der Waals surface area contributed by atoms with Gasteiger partial charge in [0.05, 0.1) is 12.2 Å². The first kappa shape index (κ1) is 14.4. The van der Waals surface area contributed by atoms with Crippen molar-refractivity contribution in [3.05, 3.63) is 29.8 Å². The maximum Gasteiger partial charge on any atom is 0.120 e. The van der Waals surface area contributed by atoms with Crippen LogP contribution in [-0.2, 0) is 14.8 Å². The third kappa shape index (κ3) is 3.35. The lowest BCUT2D eigenvalue weighted by Crippen LogP contribution is -2.47. The summed E-state index contributed by atoms with van der Waals surface area (Å²) in [6.45, 7) is 2.42. The average Bonchev–Trinajstić information content (AvgIpc) is 2.48. The fourth-order valence-corrected chi connectivity index (χ4v) is 3.42. The number of ether oxygens (including phenoxy) is 3. The number of alkyl halides is 1. The first-order valence-electron chi connectivity index (χ1n) is 7.33. The Balaban J connectivity index is 1.64. The number of benzene rings is 1. The Morgan fingerprint density at radius 2 is 2.10 bits per heavy atom. The lowest BCUT2D eigenvalue weighted by atomic mass is 9.85. The molecule has 2 heterocycles. The standard InChI is InChI=1S/C16H21BrO3/c17-12-13-2-1-3-14(10-13)20-15-4-7-19-16(11-15)5-8-18-9-6-16/h1-3,10,15H,4-9,11-12H2. The zero-order chi connectivity index (χ0) is 13.8. The number of halogens is 1. The van der Waals surface area contributed by atoms with Crippen molar-refractivity contribution in [3.63, 3.8) is 0 Å². The van der Waals surface area contributed by atoms with Gasteiger partial charge in [-0.3, -0.25) is 0 Å². The van der Waals surface area contributed by atoms with Crippen molar-refractivity contribution in [2.75, 3.05) is 19.8 Å². The zero-order valence-corrected chi connectivity index (χ0v) is 13.2. The molecule has 0 N–H and O–H groups in total. The summed E-state index contributed by atoms with van der Waals surface area (Å²) in [5.74, 6) is 0.969. The molecule has 4 heteroatoms. The molecule has 0 saturated carbocycles. The Kier molecular flexibility index (Phi) is 4.64. The molecule has 2 saturated heterocycles. The van der Waals surface area contributed by atoms with E-state index in [1.165, 1.54) is 5.56 Å². The summed E-state index contributed by atoms with van der Waals surface area (Å²) < 4.78 is 17.7. The third-order valence-corrected chi connectivity index (χ3v) is 4.85. The minimum absolute atomic E-state index is 0.00575. The van der Waals surface area contributed by atoms with Crippen LogP contribution in [0.4, 0.5) is 0 Å². The van der Waals surface area contributed by atoms with Crippen molar-refractivity contribution in [1.82, 2.24) is 0 Å². The maximum atomic E-state index is 6.18. The van der Waals surface area contributed by atoms with Crippen molar-refractivity contribution in [2.45, 2.75) is 42.7 Å². The SMILES string of the molecule is BrCc1cccc(OC2CCOC3(CCOCC3)C2)c1. The van der Waals surface area contributed by atoms with E-state index in [9.17, 15) is 0 Å². The fourth-order valence-electron chi connectivity index (χ4n) is 3.07. The van der Waals surface area contributed by atoms with Gasteiger partial charge in [0.1, 0.15) is 11.9 Å². The van der Waals surface area contributed by atoms with E-state index in [4.69, 9.17) is 14.2 Å². The van der Waals surface area contributed by atoms with Gasteiger partial charge in [0.15, 0.2) is 0 Å². The van der Waals surface area contributed by atoms with Crippen molar-refractivity contribution in [1.29, 1.82) is 0 Å². The highest BCUT2D eigenvalue weighted by atomic mass is 79.9. The van der Waals surface area contributed by atoms with Crippen molar-refractivity contribution >= 4 is 15.9 Å². The topological polar surface area (TPSA) is 27.7 Å². The van der Waals surface area contributed by atoms with Gasteiger partial charge in [0, 0.05) is 31.4 Å². The van der Waals surface area contributed by atoms with E-state index in [1.54, 1.807) is 0 Å². The fraction of sp³-hybridized carbons (Fsp3) is 0.625. The van der Waals surface area contributed by atoms with Crippen LogP contribution in [0.2, 0.25) is 0 Å². The van der Waals surface area contributed by atoms with Crippen LogP contribution in [0.1, 0.15) is 31.2 Å². The lowest BCUT2D eigenvalue weighted by Gasteiger charge is -2.43. The van der Waals surface area contributed by atoms with Crippen LogP contribution >= 0.6 is 15.9 Å². The highest BCUT2D eigenvalue weighted by Crippen LogP contribution is 2.35. The monoisotopic (exact) mass is 340 g/mol. The van der Waals surface area contributed by atoms with E-state index in [2.05, 4.69) is 34.1 Å². The molecule has 0 aromatic heterocycles. The van der Waals surface area contributed by atoms with Gasteiger partial charge in [-0.05, 0) is 30.5 Å². The summed E-state index contributed by atoms with van der Waals surface area (Å²) in [6, 6.07) is 8.31. The highest BCUT2D eigenvalue weighted by Gasteiger charge is 2.39. The second-order valence-corrected chi connectivity index (χ2v) is 6.22. The molecule has 2 aliphatic heterocycles. The largest absolute Gasteiger partial charge is 0.490 e. The van der Waals surface area contributed by atoms with Gasteiger partial charge in [0.25, 0.3) is 0 Å². The van der Waals surface area contributed by atoms with E-state index in [-0.39, 0.29) is 11.7 Å². The molecule has 110 valence electrons. The number of hydrogen-bond donors (Lipinski definition) is 0. The molecule has 2 aliphatic rings. The summed E-state index contributed by atoms with van der Waals surface area (Å²) >= 11 is 3.48. The molecule has 0 bridgehead atoms. The van der Waals surface area contributed by atoms with Crippen molar-refractivity contribution in [3.8, 4) is 5.75 Å². The molecule has 2 fully saturated rings. The molecule has 3 nitrogen and oxygen atoms in total. The Labute approximate surface area is 128 Å². The Hall–Kier alpha value is -0.580. The quantitative estimate of drug-likeness (QED) is 0.785. The minimum Gasteiger partial charge on any atom is -0.490 e. The lowest BCUT2D eigenvalue weighted by molar-refractivity contribution is -0.155. The predicted molar refractivity (Wildman–Crippen MR) is 81.5 cm³/mol. The molecule has 1 atom stereocenters. The number of rotatable bonds is 3. The second kappa shape index (κ2) is 6.46. The van der Waals surface area contributed by atoms with E-state index < -0.39 is 0 Å². The van der Waals surface area contributed by atoms with Crippen LogP contribution in [0.3, 0.4) is 0 Å². The van der Waals surface area contributed by atoms with Crippen LogP contribution in [0, 0.1) is 0 Å². The molecule has 0 radical (unpaired) electrons. The molecule has 0 aliphatic carbocycles. The van der Waals surface area contributed by atoms with E-state index in [1.807, 2.05) is 6.07 Å². The van der Waals surface area contributed by atoms with E-state index >= 15 is 0 Å². The summed E-state index contributed by atoms with van der Waals surface area (Å²) in [4.78, 5) is 0.